The number of amides is 1. The zero-order chi connectivity index (χ0) is 17.2. The Kier molecular flexibility index (Phi) is 9.81. The summed E-state index contributed by atoms with van der Waals surface area (Å²) in [5.74, 6) is -0.277. The highest BCUT2D eigenvalue weighted by Gasteiger charge is 2.22. The number of carbonyl (C=O) groups excluding carboxylic acids is 2. The molecule has 6 heteroatoms. The molecule has 0 heterocycles. The van der Waals surface area contributed by atoms with Crippen LogP contribution in [0.25, 0.3) is 0 Å². The monoisotopic (exact) mass is 316 g/mol. The molecule has 0 aliphatic carbocycles. The minimum Gasteiger partial charge on any atom is -0.468 e. The van der Waals surface area contributed by atoms with Crippen molar-refractivity contribution in [2.75, 3.05) is 13.7 Å². The molecule has 0 aromatic rings. The van der Waals surface area contributed by atoms with Gasteiger partial charge in [0.1, 0.15) is 11.6 Å². The highest BCUT2D eigenvalue weighted by Crippen LogP contribution is 2.07. The fourth-order valence-corrected chi connectivity index (χ4v) is 1.99. The minimum absolute atomic E-state index is 0.0107. The summed E-state index contributed by atoms with van der Waals surface area (Å²) in [6, 6.07) is -0.344. The van der Waals surface area contributed by atoms with Crippen LogP contribution in [0.1, 0.15) is 60.3 Å². The second-order valence-electron chi connectivity index (χ2n) is 6.37. The molecule has 2 atom stereocenters. The van der Waals surface area contributed by atoms with E-state index in [1.54, 1.807) is 0 Å². The van der Waals surface area contributed by atoms with Gasteiger partial charge in [0.15, 0.2) is 0 Å². The average Bonchev–Trinajstić information content (AvgIpc) is 2.43. The number of alkyl carbamates (subject to hydrolysis) is 1. The number of hydrogen-bond acceptors (Lipinski definition) is 5. The molecule has 1 amide bonds. The summed E-state index contributed by atoms with van der Waals surface area (Å²) in [5, 5.41) is 6.02. The number of esters is 1. The molecule has 0 aliphatic heterocycles. The van der Waals surface area contributed by atoms with Gasteiger partial charge in [0, 0.05) is 12.6 Å². The van der Waals surface area contributed by atoms with Crippen molar-refractivity contribution in [3.05, 3.63) is 0 Å². The van der Waals surface area contributed by atoms with Crippen molar-refractivity contribution >= 4 is 12.1 Å². The van der Waals surface area contributed by atoms with Crippen LogP contribution >= 0.6 is 0 Å². The maximum absolute atomic E-state index is 11.7. The van der Waals surface area contributed by atoms with Gasteiger partial charge in [-0.05, 0) is 33.6 Å². The molecule has 2 unspecified atom stereocenters. The third-order valence-corrected chi connectivity index (χ3v) is 3.13. The Morgan fingerprint density at radius 3 is 2.27 bits per heavy atom. The summed E-state index contributed by atoms with van der Waals surface area (Å²) in [6.07, 6.45) is 3.15. The van der Waals surface area contributed by atoms with Gasteiger partial charge in [-0.3, -0.25) is 10.1 Å². The Morgan fingerprint density at radius 2 is 1.82 bits per heavy atom. The van der Waals surface area contributed by atoms with E-state index in [2.05, 4.69) is 17.6 Å². The lowest BCUT2D eigenvalue weighted by molar-refractivity contribution is -0.143. The molecule has 6 nitrogen and oxygen atoms in total. The number of carbonyl (C=O) groups is 2. The van der Waals surface area contributed by atoms with Gasteiger partial charge in [-0.15, -0.1) is 0 Å². The van der Waals surface area contributed by atoms with Gasteiger partial charge in [0.05, 0.1) is 7.11 Å². The summed E-state index contributed by atoms with van der Waals surface area (Å²) in [6.45, 7) is 9.92. The normalized spacial score (nSPS) is 14.1. The van der Waals surface area contributed by atoms with Crippen LogP contribution in [0, 0.1) is 0 Å². The van der Waals surface area contributed by atoms with Crippen molar-refractivity contribution in [3.63, 3.8) is 0 Å². The van der Waals surface area contributed by atoms with Gasteiger partial charge in [-0.25, -0.2) is 4.79 Å². The van der Waals surface area contributed by atoms with E-state index in [4.69, 9.17) is 9.47 Å². The van der Waals surface area contributed by atoms with E-state index in [0.29, 0.717) is 13.0 Å². The first-order chi connectivity index (χ1) is 10.2. The van der Waals surface area contributed by atoms with Crippen LogP contribution in [-0.4, -0.2) is 43.4 Å². The third-order valence-electron chi connectivity index (χ3n) is 3.13. The Hall–Kier alpha value is -1.30. The molecular formula is C16H32N2O4. The molecule has 0 aromatic heterocycles. The quantitative estimate of drug-likeness (QED) is 0.639. The van der Waals surface area contributed by atoms with Crippen LogP contribution in [0.15, 0.2) is 0 Å². The number of unbranched alkanes of at least 4 members (excludes halogenated alkanes) is 1. The summed E-state index contributed by atoms with van der Waals surface area (Å²) < 4.78 is 10.0. The molecule has 22 heavy (non-hydrogen) atoms. The molecule has 0 radical (unpaired) electrons. The highest BCUT2D eigenvalue weighted by molar-refractivity contribution is 5.75. The SMILES string of the molecule is CCCCC(CNC(=O)OC(C)(C)C)NC(CC)C(=O)OC. The number of hydrogen-bond donors (Lipinski definition) is 2. The van der Waals surface area contributed by atoms with Crippen molar-refractivity contribution in [1.82, 2.24) is 10.6 Å². The molecule has 2 N–H and O–H groups in total. The van der Waals surface area contributed by atoms with Crippen molar-refractivity contribution in [2.24, 2.45) is 0 Å². The standard InChI is InChI=1S/C16H32N2O4/c1-7-9-10-12(18-13(8-2)14(19)21-6)11-17-15(20)22-16(3,4)5/h12-13,18H,7-11H2,1-6H3,(H,17,20). The van der Waals surface area contributed by atoms with E-state index in [1.807, 2.05) is 27.7 Å². The van der Waals surface area contributed by atoms with Crippen LogP contribution in [0.2, 0.25) is 0 Å². The maximum atomic E-state index is 11.7. The van der Waals surface area contributed by atoms with Crippen molar-refractivity contribution < 1.29 is 19.1 Å². The molecule has 0 spiro atoms. The number of methoxy groups -OCH3 is 1. The zero-order valence-electron chi connectivity index (χ0n) is 14.8. The highest BCUT2D eigenvalue weighted by atomic mass is 16.6. The average molecular weight is 316 g/mol. The molecule has 0 fully saturated rings. The number of ether oxygens (including phenoxy) is 2. The second-order valence-corrected chi connectivity index (χ2v) is 6.37. The first-order valence-corrected chi connectivity index (χ1v) is 8.04. The Labute approximate surface area is 134 Å². The predicted octanol–water partition coefficient (Wildman–Crippen LogP) is 2.61. The summed E-state index contributed by atoms with van der Waals surface area (Å²) in [4.78, 5) is 23.4. The minimum atomic E-state index is -0.519. The van der Waals surface area contributed by atoms with E-state index < -0.39 is 11.7 Å². The maximum Gasteiger partial charge on any atom is 0.407 e. The van der Waals surface area contributed by atoms with Gasteiger partial charge in [-0.1, -0.05) is 26.7 Å². The van der Waals surface area contributed by atoms with E-state index in [-0.39, 0.29) is 18.1 Å². The number of nitrogens with one attached hydrogen (secondary N) is 2. The van der Waals surface area contributed by atoms with Crippen molar-refractivity contribution in [1.29, 1.82) is 0 Å². The van der Waals surface area contributed by atoms with E-state index in [9.17, 15) is 9.59 Å². The van der Waals surface area contributed by atoms with Gasteiger partial charge < -0.3 is 14.8 Å². The topological polar surface area (TPSA) is 76.7 Å². The first-order valence-electron chi connectivity index (χ1n) is 8.04. The Bertz CT molecular complexity index is 340. The predicted molar refractivity (Wildman–Crippen MR) is 86.8 cm³/mol. The van der Waals surface area contributed by atoms with Gasteiger partial charge >= 0.3 is 12.1 Å². The molecule has 0 saturated carbocycles. The lowest BCUT2D eigenvalue weighted by atomic mass is 10.1. The largest absolute Gasteiger partial charge is 0.468 e. The zero-order valence-corrected chi connectivity index (χ0v) is 14.8. The van der Waals surface area contributed by atoms with Gasteiger partial charge in [-0.2, -0.15) is 0 Å². The van der Waals surface area contributed by atoms with Gasteiger partial charge in [0.2, 0.25) is 0 Å². The van der Waals surface area contributed by atoms with Crippen molar-refractivity contribution in [2.45, 2.75) is 78.0 Å². The van der Waals surface area contributed by atoms with Crippen LogP contribution in [0.4, 0.5) is 4.79 Å². The first kappa shape index (κ1) is 20.7. The van der Waals surface area contributed by atoms with Crippen LogP contribution in [0.5, 0.6) is 0 Å². The van der Waals surface area contributed by atoms with Gasteiger partial charge in [0.25, 0.3) is 0 Å². The lowest BCUT2D eigenvalue weighted by Gasteiger charge is -2.25. The second kappa shape index (κ2) is 10.4. The molecule has 0 aliphatic rings. The number of rotatable bonds is 9. The summed E-state index contributed by atoms with van der Waals surface area (Å²) in [7, 11) is 1.38. The van der Waals surface area contributed by atoms with Crippen molar-refractivity contribution in [3.8, 4) is 0 Å². The fraction of sp³-hybridized carbons (Fsp3) is 0.875. The van der Waals surface area contributed by atoms with E-state index in [0.717, 1.165) is 19.3 Å². The molecule has 0 saturated heterocycles. The van der Waals surface area contributed by atoms with Crippen LogP contribution < -0.4 is 10.6 Å². The van der Waals surface area contributed by atoms with Crippen LogP contribution in [0.3, 0.4) is 0 Å². The van der Waals surface area contributed by atoms with Crippen LogP contribution in [-0.2, 0) is 14.3 Å². The van der Waals surface area contributed by atoms with E-state index >= 15 is 0 Å². The summed E-state index contributed by atoms with van der Waals surface area (Å²) in [5.41, 5.74) is -0.519. The fourth-order valence-electron chi connectivity index (χ4n) is 1.99. The third kappa shape index (κ3) is 9.60. The lowest BCUT2D eigenvalue weighted by Crippen LogP contribution is -2.49. The molecule has 0 rings (SSSR count). The summed E-state index contributed by atoms with van der Waals surface area (Å²) >= 11 is 0. The smallest absolute Gasteiger partial charge is 0.407 e. The molecule has 130 valence electrons. The molecular weight excluding hydrogens is 284 g/mol. The molecule has 0 bridgehead atoms. The van der Waals surface area contributed by atoms with E-state index in [1.165, 1.54) is 7.11 Å². The Morgan fingerprint density at radius 1 is 1.18 bits per heavy atom. The molecule has 0 aromatic carbocycles. The Balaban J connectivity index is 4.50.